The zero-order chi connectivity index (χ0) is 25.4. The van der Waals surface area contributed by atoms with Crippen LogP contribution in [-0.2, 0) is 16.1 Å². The molecule has 180 valence electrons. The molecule has 0 aromatic heterocycles. The minimum Gasteiger partial charge on any atom is -0.507 e. The Bertz CT molecular complexity index is 1530. The number of likely N-dealkylation sites (tertiary alicyclic amines) is 1. The molecule has 0 aliphatic carbocycles. The lowest BCUT2D eigenvalue weighted by atomic mass is 9.91. The van der Waals surface area contributed by atoms with Crippen LogP contribution in [0.15, 0.2) is 90.5 Å². The Morgan fingerprint density at radius 3 is 2.44 bits per heavy atom. The minimum absolute atomic E-state index is 0.0419. The molecule has 1 aliphatic heterocycles. The summed E-state index contributed by atoms with van der Waals surface area (Å²) in [5.74, 6) is -1.88. The summed E-state index contributed by atoms with van der Waals surface area (Å²) < 4.78 is 18.7. The molecule has 1 aliphatic rings. The van der Waals surface area contributed by atoms with Gasteiger partial charge in [-0.25, -0.2) is 4.39 Å². The predicted octanol–water partition coefficient (Wildman–Crippen LogP) is 6.26. The lowest BCUT2D eigenvalue weighted by Crippen LogP contribution is -2.29. The maximum atomic E-state index is 13.5. The predicted molar refractivity (Wildman–Crippen MR) is 136 cm³/mol. The number of amides is 1. The molecule has 1 amide bonds. The topological polar surface area (TPSA) is 66.8 Å². The van der Waals surface area contributed by atoms with Crippen molar-refractivity contribution in [3.8, 4) is 5.75 Å². The third-order valence-corrected chi connectivity index (χ3v) is 6.64. The van der Waals surface area contributed by atoms with E-state index in [1.165, 1.54) is 30.2 Å². The fourth-order valence-corrected chi connectivity index (χ4v) is 4.87. The first kappa shape index (κ1) is 23.6. The third-order valence-electron chi connectivity index (χ3n) is 6.35. The van der Waals surface area contributed by atoms with Crippen LogP contribution in [0.4, 0.5) is 4.39 Å². The molecule has 1 N–H and O–H groups in total. The summed E-state index contributed by atoms with van der Waals surface area (Å²) in [6.07, 6.45) is 0. The third kappa shape index (κ3) is 4.10. The Balaban J connectivity index is 1.72. The fraction of sp³-hybridized carbons (Fsp3) is 0.103. The highest BCUT2D eigenvalue weighted by molar-refractivity contribution is 6.46. The van der Waals surface area contributed by atoms with E-state index in [0.717, 1.165) is 10.8 Å². The highest BCUT2D eigenvalue weighted by Crippen LogP contribution is 2.43. The Kier molecular flexibility index (Phi) is 6.20. The molecule has 1 atom stereocenters. The summed E-state index contributed by atoms with van der Waals surface area (Å²) in [6, 6.07) is 22.8. The number of halogens is 2. The van der Waals surface area contributed by atoms with E-state index >= 15 is 0 Å². The van der Waals surface area contributed by atoms with Crippen molar-refractivity contribution < 1.29 is 23.8 Å². The molecule has 5 nitrogen and oxygen atoms in total. The molecule has 0 spiro atoms. The Hall–Kier alpha value is -4.16. The van der Waals surface area contributed by atoms with Gasteiger partial charge in [-0.05, 0) is 52.2 Å². The van der Waals surface area contributed by atoms with Crippen LogP contribution in [0.25, 0.3) is 16.5 Å². The molecule has 0 radical (unpaired) electrons. The quantitative estimate of drug-likeness (QED) is 0.199. The standard InChI is InChI=1S/C29H21ClFNO4/c1-36-24-14-11-19(15-23(24)30)27(33)25-26(22-8-4-6-18-5-2-3-7-21(18)22)32(29(35)28(25)34)16-17-9-12-20(31)13-10-17/h2-15,26,33H,16H2,1H3/b27-25-. The van der Waals surface area contributed by atoms with E-state index in [2.05, 4.69) is 0 Å². The number of rotatable bonds is 5. The van der Waals surface area contributed by atoms with Crippen molar-refractivity contribution in [1.29, 1.82) is 0 Å². The van der Waals surface area contributed by atoms with E-state index in [1.54, 1.807) is 24.3 Å². The number of hydrogen-bond donors (Lipinski definition) is 1. The number of hydrogen-bond acceptors (Lipinski definition) is 4. The summed E-state index contributed by atoms with van der Waals surface area (Å²) in [5.41, 5.74) is 1.58. The number of fused-ring (bicyclic) bond motifs is 1. The zero-order valence-corrected chi connectivity index (χ0v) is 20.0. The van der Waals surface area contributed by atoms with Gasteiger partial charge < -0.3 is 14.7 Å². The van der Waals surface area contributed by atoms with Crippen LogP contribution in [0.2, 0.25) is 5.02 Å². The van der Waals surface area contributed by atoms with E-state index in [9.17, 15) is 19.1 Å². The van der Waals surface area contributed by atoms with Crippen molar-refractivity contribution in [1.82, 2.24) is 4.90 Å². The molecular formula is C29H21ClFNO4. The SMILES string of the molecule is COc1ccc(/C(O)=C2/C(=O)C(=O)N(Cc3ccc(F)cc3)C2c2cccc3ccccc23)cc1Cl. The number of methoxy groups -OCH3 is 1. The smallest absolute Gasteiger partial charge is 0.295 e. The van der Waals surface area contributed by atoms with E-state index in [1.807, 2.05) is 42.5 Å². The Morgan fingerprint density at radius 2 is 1.72 bits per heavy atom. The zero-order valence-electron chi connectivity index (χ0n) is 19.2. The lowest BCUT2D eigenvalue weighted by molar-refractivity contribution is -0.140. The van der Waals surface area contributed by atoms with Crippen molar-refractivity contribution in [2.75, 3.05) is 7.11 Å². The van der Waals surface area contributed by atoms with E-state index < -0.39 is 23.5 Å². The van der Waals surface area contributed by atoms with Gasteiger partial charge in [-0.2, -0.15) is 0 Å². The van der Waals surface area contributed by atoms with Crippen LogP contribution < -0.4 is 4.74 Å². The van der Waals surface area contributed by atoms with Gasteiger partial charge in [0.1, 0.15) is 17.3 Å². The summed E-state index contributed by atoms with van der Waals surface area (Å²) >= 11 is 6.27. The average molecular weight is 502 g/mol. The van der Waals surface area contributed by atoms with E-state index in [4.69, 9.17) is 16.3 Å². The van der Waals surface area contributed by atoms with Gasteiger partial charge in [0.2, 0.25) is 0 Å². The minimum atomic E-state index is -0.873. The molecule has 4 aromatic carbocycles. The molecule has 7 heteroatoms. The number of ketones is 1. The monoisotopic (exact) mass is 501 g/mol. The average Bonchev–Trinajstić information content (AvgIpc) is 3.14. The highest BCUT2D eigenvalue weighted by Gasteiger charge is 2.46. The Morgan fingerprint density at radius 1 is 1.00 bits per heavy atom. The summed E-state index contributed by atoms with van der Waals surface area (Å²) in [5, 5.41) is 13.4. The van der Waals surface area contributed by atoms with Crippen molar-refractivity contribution >= 4 is 39.8 Å². The first-order valence-electron chi connectivity index (χ1n) is 11.2. The molecule has 5 rings (SSSR count). The second kappa shape index (κ2) is 9.47. The number of ether oxygens (including phenoxy) is 1. The maximum absolute atomic E-state index is 13.5. The molecule has 0 saturated carbocycles. The van der Waals surface area contributed by atoms with Crippen LogP contribution >= 0.6 is 11.6 Å². The van der Waals surface area contributed by atoms with Crippen LogP contribution in [-0.4, -0.2) is 28.8 Å². The number of nitrogens with zero attached hydrogens (tertiary/aromatic N) is 1. The van der Waals surface area contributed by atoms with Crippen molar-refractivity contribution in [3.05, 3.63) is 118 Å². The van der Waals surface area contributed by atoms with E-state index in [-0.39, 0.29) is 28.5 Å². The molecule has 1 saturated heterocycles. The number of carbonyl (C=O) groups excluding carboxylic acids is 2. The maximum Gasteiger partial charge on any atom is 0.295 e. The molecule has 1 unspecified atom stereocenters. The molecule has 1 heterocycles. The molecule has 0 bridgehead atoms. The van der Waals surface area contributed by atoms with Crippen LogP contribution in [0.3, 0.4) is 0 Å². The van der Waals surface area contributed by atoms with Crippen molar-refractivity contribution in [3.63, 3.8) is 0 Å². The largest absolute Gasteiger partial charge is 0.507 e. The second-order valence-electron chi connectivity index (χ2n) is 8.47. The summed E-state index contributed by atoms with van der Waals surface area (Å²) in [4.78, 5) is 28.1. The van der Waals surface area contributed by atoms with Gasteiger partial charge >= 0.3 is 0 Å². The van der Waals surface area contributed by atoms with Crippen LogP contribution in [0, 0.1) is 5.82 Å². The van der Waals surface area contributed by atoms with Crippen molar-refractivity contribution in [2.45, 2.75) is 12.6 Å². The van der Waals surface area contributed by atoms with Crippen LogP contribution in [0.5, 0.6) is 5.75 Å². The highest BCUT2D eigenvalue weighted by atomic mass is 35.5. The van der Waals surface area contributed by atoms with Gasteiger partial charge in [0, 0.05) is 12.1 Å². The summed E-state index contributed by atoms with van der Waals surface area (Å²) in [7, 11) is 1.47. The van der Waals surface area contributed by atoms with Crippen molar-refractivity contribution in [2.24, 2.45) is 0 Å². The number of aliphatic hydroxyl groups excluding tert-OH is 1. The van der Waals surface area contributed by atoms with Gasteiger partial charge in [0.15, 0.2) is 0 Å². The van der Waals surface area contributed by atoms with Gasteiger partial charge in [-0.1, -0.05) is 66.2 Å². The number of carbonyl (C=O) groups is 2. The molecule has 4 aromatic rings. The van der Waals surface area contributed by atoms with E-state index in [0.29, 0.717) is 16.9 Å². The Labute approximate surface area is 212 Å². The summed E-state index contributed by atoms with van der Waals surface area (Å²) in [6.45, 7) is 0.0545. The second-order valence-corrected chi connectivity index (χ2v) is 8.88. The fourth-order valence-electron chi connectivity index (χ4n) is 4.61. The number of Topliss-reactive ketones (excluding diaryl/α,β-unsaturated/α-hetero) is 1. The lowest BCUT2D eigenvalue weighted by Gasteiger charge is -2.26. The van der Waals surface area contributed by atoms with Gasteiger partial charge in [0.05, 0.1) is 23.7 Å². The number of aliphatic hydroxyl groups is 1. The molecule has 1 fully saturated rings. The molecule has 36 heavy (non-hydrogen) atoms. The molecular weight excluding hydrogens is 481 g/mol. The first-order chi connectivity index (χ1) is 17.4. The van der Waals surface area contributed by atoms with Gasteiger partial charge in [0.25, 0.3) is 11.7 Å². The number of benzene rings is 4. The normalized spacial score (nSPS) is 17.1. The van der Waals surface area contributed by atoms with Crippen LogP contribution in [0.1, 0.15) is 22.7 Å². The van der Waals surface area contributed by atoms with Gasteiger partial charge in [-0.15, -0.1) is 0 Å². The van der Waals surface area contributed by atoms with Gasteiger partial charge in [-0.3, -0.25) is 9.59 Å². The first-order valence-corrected chi connectivity index (χ1v) is 11.6.